The average Bonchev–Trinajstić information content (AvgIpc) is 2.27. The molecule has 2 heteroatoms. The van der Waals surface area contributed by atoms with E-state index in [1.165, 1.54) is 30.5 Å². The van der Waals surface area contributed by atoms with E-state index in [2.05, 4.69) is 58.9 Å². The van der Waals surface area contributed by atoms with Gasteiger partial charge in [0.25, 0.3) is 0 Å². The van der Waals surface area contributed by atoms with Crippen molar-refractivity contribution in [1.29, 1.82) is 0 Å². The third-order valence-electron chi connectivity index (χ3n) is 3.21. The van der Waals surface area contributed by atoms with E-state index in [4.69, 9.17) is 0 Å². The van der Waals surface area contributed by atoms with Gasteiger partial charge in [-0.3, -0.25) is 0 Å². The van der Waals surface area contributed by atoms with Crippen molar-refractivity contribution in [3.8, 4) is 0 Å². The van der Waals surface area contributed by atoms with Gasteiger partial charge < -0.3 is 21.5 Å². The molecule has 0 radical (unpaired) electrons. The Kier molecular flexibility index (Phi) is 7.49. The van der Waals surface area contributed by atoms with Gasteiger partial charge in [-0.15, -0.1) is 0 Å². The Labute approximate surface area is 123 Å². The topological polar surface area (TPSA) is 0 Å². The summed E-state index contributed by atoms with van der Waals surface area (Å²) in [6.07, 6.45) is 4.45. The van der Waals surface area contributed by atoms with Crippen LogP contribution in [0.5, 0.6) is 0 Å². The number of quaternary nitrogens is 1. The molecule has 0 aliphatic rings. The van der Waals surface area contributed by atoms with Crippen LogP contribution in [0, 0.1) is 0 Å². The number of halogens is 1. The highest BCUT2D eigenvalue weighted by atomic mass is 79.9. The summed E-state index contributed by atoms with van der Waals surface area (Å²) < 4.78 is 1.06. The van der Waals surface area contributed by atoms with Gasteiger partial charge in [0, 0.05) is 0 Å². The number of hydrogen-bond donors (Lipinski definition) is 0. The standard InChI is InChI=1S/C16H26N.BrH/c1-6-15-9-11-16(12-10-15)14(2)8-7-13-17(3,4)5;/h6,9-12,14H,1,7-8,13H2,2-5H3;1H/q+1;/p-1. The van der Waals surface area contributed by atoms with E-state index in [1.54, 1.807) is 0 Å². The van der Waals surface area contributed by atoms with Gasteiger partial charge in [-0.1, -0.05) is 43.8 Å². The van der Waals surface area contributed by atoms with E-state index in [0.29, 0.717) is 5.92 Å². The van der Waals surface area contributed by atoms with Crippen LogP contribution in [0.25, 0.3) is 6.08 Å². The van der Waals surface area contributed by atoms with Crippen molar-refractivity contribution in [2.45, 2.75) is 25.7 Å². The molecule has 1 nitrogen and oxygen atoms in total. The molecule has 0 amide bonds. The smallest absolute Gasteiger partial charge is 0.0780 e. The van der Waals surface area contributed by atoms with Crippen LogP contribution < -0.4 is 17.0 Å². The molecule has 102 valence electrons. The van der Waals surface area contributed by atoms with E-state index in [-0.39, 0.29) is 17.0 Å². The highest BCUT2D eigenvalue weighted by Crippen LogP contribution is 2.21. The van der Waals surface area contributed by atoms with Crippen LogP contribution in [0.2, 0.25) is 0 Å². The van der Waals surface area contributed by atoms with Crippen LogP contribution in [-0.4, -0.2) is 32.2 Å². The zero-order valence-electron chi connectivity index (χ0n) is 12.1. The molecule has 0 aromatic heterocycles. The van der Waals surface area contributed by atoms with Gasteiger partial charge in [-0.2, -0.15) is 0 Å². The zero-order valence-corrected chi connectivity index (χ0v) is 13.7. The molecule has 1 aromatic carbocycles. The van der Waals surface area contributed by atoms with Crippen LogP contribution >= 0.6 is 0 Å². The maximum Gasteiger partial charge on any atom is 0.0780 e. The van der Waals surface area contributed by atoms with Crippen LogP contribution in [-0.2, 0) is 0 Å². The highest BCUT2D eigenvalue weighted by Gasteiger charge is 2.10. The van der Waals surface area contributed by atoms with Gasteiger partial charge >= 0.3 is 0 Å². The van der Waals surface area contributed by atoms with Crippen molar-refractivity contribution in [3.05, 3.63) is 42.0 Å². The van der Waals surface area contributed by atoms with Gasteiger partial charge in [-0.25, -0.2) is 0 Å². The Hall–Kier alpha value is -0.600. The molecule has 1 aromatic rings. The number of benzene rings is 1. The van der Waals surface area contributed by atoms with Crippen molar-refractivity contribution < 1.29 is 21.5 Å². The van der Waals surface area contributed by atoms with E-state index < -0.39 is 0 Å². The number of rotatable bonds is 6. The maximum absolute atomic E-state index is 3.78. The minimum Gasteiger partial charge on any atom is -1.00 e. The van der Waals surface area contributed by atoms with E-state index >= 15 is 0 Å². The molecule has 0 aliphatic carbocycles. The number of hydrogen-bond acceptors (Lipinski definition) is 0. The van der Waals surface area contributed by atoms with Crippen molar-refractivity contribution in [3.63, 3.8) is 0 Å². The quantitative estimate of drug-likeness (QED) is 0.686. The summed E-state index contributed by atoms with van der Waals surface area (Å²) in [5.74, 6) is 0.653. The lowest BCUT2D eigenvalue weighted by Crippen LogP contribution is -3.00. The molecule has 18 heavy (non-hydrogen) atoms. The molecule has 0 spiro atoms. The first-order chi connectivity index (χ1) is 7.92. The first-order valence-electron chi connectivity index (χ1n) is 6.45. The Morgan fingerprint density at radius 2 is 1.72 bits per heavy atom. The number of nitrogens with zero attached hydrogens (tertiary/aromatic N) is 1. The first kappa shape index (κ1) is 17.4. The SMILES string of the molecule is C=Cc1ccc(C(C)CCC[N+](C)(C)C)cc1.[Br-]. The van der Waals surface area contributed by atoms with Crippen LogP contribution in [0.15, 0.2) is 30.8 Å². The fourth-order valence-electron chi connectivity index (χ4n) is 2.00. The monoisotopic (exact) mass is 311 g/mol. The third kappa shape index (κ3) is 6.36. The zero-order chi connectivity index (χ0) is 12.9. The molecule has 0 saturated heterocycles. The van der Waals surface area contributed by atoms with E-state index in [1.807, 2.05) is 6.08 Å². The third-order valence-corrected chi connectivity index (χ3v) is 3.21. The van der Waals surface area contributed by atoms with Gasteiger partial charge in [-0.05, 0) is 29.9 Å². The largest absolute Gasteiger partial charge is 1.00 e. The Morgan fingerprint density at radius 3 is 2.17 bits per heavy atom. The predicted octanol–water partition coefficient (Wildman–Crippen LogP) is 0.924. The molecule has 1 atom stereocenters. The van der Waals surface area contributed by atoms with Crippen molar-refractivity contribution in [2.75, 3.05) is 27.7 Å². The summed E-state index contributed by atoms with van der Waals surface area (Å²) in [6, 6.07) is 8.76. The van der Waals surface area contributed by atoms with Gasteiger partial charge in [0.1, 0.15) is 0 Å². The highest BCUT2D eigenvalue weighted by molar-refractivity contribution is 5.47. The summed E-state index contributed by atoms with van der Waals surface area (Å²) in [5.41, 5.74) is 2.64. The lowest BCUT2D eigenvalue weighted by Gasteiger charge is -2.24. The van der Waals surface area contributed by atoms with Crippen molar-refractivity contribution in [2.24, 2.45) is 0 Å². The van der Waals surface area contributed by atoms with Crippen molar-refractivity contribution in [1.82, 2.24) is 0 Å². The summed E-state index contributed by atoms with van der Waals surface area (Å²) in [6.45, 7) is 7.34. The van der Waals surface area contributed by atoms with Gasteiger partial charge in [0.15, 0.2) is 0 Å². The van der Waals surface area contributed by atoms with Crippen LogP contribution in [0.4, 0.5) is 0 Å². The Morgan fingerprint density at radius 1 is 1.17 bits per heavy atom. The maximum atomic E-state index is 3.78. The molecule has 1 unspecified atom stereocenters. The molecular formula is C16H26BrN. The fraction of sp³-hybridized carbons (Fsp3) is 0.500. The molecular weight excluding hydrogens is 286 g/mol. The Bertz CT molecular complexity index is 348. The van der Waals surface area contributed by atoms with E-state index in [9.17, 15) is 0 Å². The first-order valence-corrected chi connectivity index (χ1v) is 6.45. The van der Waals surface area contributed by atoms with Crippen LogP contribution in [0.3, 0.4) is 0 Å². The summed E-state index contributed by atoms with van der Waals surface area (Å²) in [7, 11) is 6.76. The van der Waals surface area contributed by atoms with E-state index in [0.717, 1.165) is 4.48 Å². The van der Waals surface area contributed by atoms with Gasteiger partial charge in [0.05, 0.1) is 27.7 Å². The minimum atomic E-state index is 0. The molecule has 0 heterocycles. The average molecular weight is 312 g/mol. The molecule has 0 N–H and O–H groups in total. The second kappa shape index (κ2) is 7.75. The molecule has 1 rings (SSSR count). The van der Waals surface area contributed by atoms with Crippen LogP contribution in [0.1, 0.15) is 36.8 Å². The van der Waals surface area contributed by atoms with Crippen molar-refractivity contribution >= 4 is 6.08 Å². The summed E-state index contributed by atoms with van der Waals surface area (Å²) in [5, 5.41) is 0. The Balaban J connectivity index is 0.00000289. The molecule has 0 fully saturated rings. The minimum absolute atomic E-state index is 0. The van der Waals surface area contributed by atoms with Gasteiger partial charge in [0.2, 0.25) is 0 Å². The lowest BCUT2D eigenvalue weighted by atomic mass is 9.95. The molecule has 0 bridgehead atoms. The lowest BCUT2D eigenvalue weighted by molar-refractivity contribution is -0.870. The summed E-state index contributed by atoms with van der Waals surface area (Å²) >= 11 is 0. The predicted molar refractivity (Wildman–Crippen MR) is 77.1 cm³/mol. The second-order valence-corrected chi connectivity index (χ2v) is 5.93. The second-order valence-electron chi connectivity index (χ2n) is 5.93. The molecule has 0 saturated carbocycles. The normalized spacial score (nSPS) is 12.7. The fourth-order valence-corrected chi connectivity index (χ4v) is 2.00. The summed E-state index contributed by atoms with van der Waals surface area (Å²) in [4.78, 5) is 0. The molecule has 0 aliphatic heterocycles.